The highest BCUT2D eigenvalue weighted by Gasteiger charge is 2.38. The maximum absolute atomic E-state index is 12.9. The molecule has 0 aliphatic carbocycles. The van der Waals surface area contributed by atoms with Crippen LogP contribution in [0.2, 0.25) is 0 Å². The third-order valence-corrected chi connectivity index (χ3v) is 5.55. The van der Waals surface area contributed by atoms with E-state index in [1.165, 1.54) is 0 Å². The molecule has 0 saturated carbocycles. The second-order valence-corrected chi connectivity index (χ2v) is 7.56. The van der Waals surface area contributed by atoms with E-state index in [0.717, 1.165) is 30.0 Å². The van der Waals surface area contributed by atoms with Crippen molar-refractivity contribution in [3.8, 4) is 5.75 Å². The number of hydrogen-bond acceptors (Lipinski definition) is 6. The molecule has 29 heavy (non-hydrogen) atoms. The molecule has 2 saturated heterocycles. The number of benzene rings is 2. The Hall–Kier alpha value is -2.45. The van der Waals surface area contributed by atoms with Crippen LogP contribution in [0.25, 0.3) is 0 Å². The molecule has 0 spiro atoms. The lowest BCUT2D eigenvalue weighted by Crippen LogP contribution is -2.47. The van der Waals surface area contributed by atoms with E-state index in [2.05, 4.69) is 21.8 Å². The molecule has 7 heteroatoms. The Morgan fingerprint density at radius 3 is 2.76 bits per heavy atom. The van der Waals surface area contributed by atoms with Crippen molar-refractivity contribution in [3.63, 3.8) is 0 Å². The molecule has 2 aliphatic heterocycles. The van der Waals surface area contributed by atoms with Gasteiger partial charge in [-0.25, -0.2) is 5.01 Å². The zero-order valence-electron chi connectivity index (χ0n) is 16.9. The van der Waals surface area contributed by atoms with Gasteiger partial charge in [-0.15, -0.1) is 0 Å². The third-order valence-electron chi connectivity index (χ3n) is 5.55. The topological polar surface area (TPSA) is 66.1 Å². The fraction of sp³-hybridized carbons (Fsp3) is 0.409. The van der Waals surface area contributed by atoms with Crippen LogP contribution in [0.5, 0.6) is 5.75 Å². The monoisotopic (exact) mass is 396 g/mol. The highest BCUT2D eigenvalue weighted by Crippen LogP contribution is 2.32. The molecule has 154 valence electrons. The van der Waals surface area contributed by atoms with E-state index in [4.69, 9.17) is 9.57 Å². The average Bonchev–Trinajstić information content (AvgIpc) is 3.35. The molecule has 7 nitrogen and oxygen atoms in total. The Balaban J connectivity index is 1.30. The van der Waals surface area contributed by atoms with Gasteiger partial charge in [-0.2, -0.15) is 5.06 Å². The summed E-state index contributed by atoms with van der Waals surface area (Å²) in [6.07, 6.45) is 0.568. The molecule has 2 aliphatic rings. The van der Waals surface area contributed by atoms with Gasteiger partial charge < -0.3 is 10.1 Å². The molecule has 0 aromatic heterocycles. The van der Waals surface area contributed by atoms with E-state index >= 15 is 0 Å². The maximum atomic E-state index is 12.9. The standard InChI is InChI=1S/C22H28N4O3/c1-25-19(12-21(29-25)16-8-4-3-5-9-16)22(27)24-18-13-23-26(15-18)14-17-10-6-7-11-20(17)28-2/h3-11,18-19,21,23H,12-15H2,1-2H3,(H,24,27). The van der Waals surface area contributed by atoms with Crippen molar-refractivity contribution in [3.05, 3.63) is 65.7 Å². The average molecular weight is 396 g/mol. The van der Waals surface area contributed by atoms with E-state index in [9.17, 15) is 4.79 Å². The number of carbonyl (C=O) groups is 1. The Morgan fingerprint density at radius 1 is 1.21 bits per heavy atom. The van der Waals surface area contributed by atoms with E-state index in [1.54, 1.807) is 12.2 Å². The predicted molar refractivity (Wildman–Crippen MR) is 110 cm³/mol. The number of hydrazine groups is 1. The number of carbonyl (C=O) groups excluding carboxylic acids is 1. The minimum atomic E-state index is -0.288. The second kappa shape index (κ2) is 8.92. The lowest BCUT2D eigenvalue weighted by molar-refractivity contribution is -0.158. The molecule has 2 N–H and O–H groups in total. The minimum Gasteiger partial charge on any atom is -0.496 e. The molecule has 0 bridgehead atoms. The summed E-state index contributed by atoms with van der Waals surface area (Å²) in [6, 6.07) is 17.8. The van der Waals surface area contributed by atoms with Crippen LogP contribution in [0.3, 0.4) is 0 Å². The van der Waals surface area contributed by atoms with Crippen molar-refractivity contribution in [1.29, 1.82) is 0 Å². The fourth-order valence-corrected chi connectivity index (χ4v) is 3.99. The predicted octanol–water partition coefficient (Wildman–Crippen LogP) is 1.88. The summed E-state index contributed by atoms with van der Waals surface area (Å²) in [7, 11) is 3.51. The number of hydrogen-bond donors (Lipinski definition) is 2. The van der Waals surface area contributed by atoms with Crippen LogP contribution < -0.4 is 15.5 Å². The van der Waals surface area contributed by atoms with Crippen LogP contribution in [-0.4, -0.2) is 55.3 Å². The lowest BCUT2D eigenvalue weighted by Gasteiger charge is -2.20. The SMILES string of the molecule is COc1ccccc1CN1CC(NC(=O)C2CC(c3ccccc3)ON2C)CN1. The van der Waals surface area contributed by atoms with Crippen LogP contribution in [0, 0.1) is 0 Å². The summed E-state index contributed by atoms with van der Waals surface area (Å²) in [5.74, 6) is 0.885. The minimum absolute atomic E-state index is 0.0110. The van der Waals surface area contributed by atoms with Gasteiger partial charge in [0.2, 0.25) is 5.91 Å². The van der Waals surface area contributed by atoms with Crippen molar-refractivity contribution in [1.82, 2.24) is 20.8 Å². The Bertz CT molecular complexity index is 832. The molecule has 4 rings (SSSR count). The Kier molecular flexibility index (Phi) is 6.10. The van der Waals surface area contributed by atoms with Gasteiger partial charge in [-0.1, -0.05) is 48.5 Å². The molecule has 2 aromatic carbocycles. The van der Waals surface area contributed by atoms with Crippen LogP contribution in [0.15, 0.2) is 54.6 Å². The van der Waals surface area contributed by atoms with Crippen molar-refractivity contribution >= 4 is 5.91 Å². The lowest BCUT2D eigenvalue weighted by atomic mass is 10.0. The molecule has 3 unspecified atom stereocenters. The number of nitrogens with one attached hydrogen (secondary N) is 2. The van der Waals surface area contributed by atoms with Gasteiger partial charge in [0.05, 0.1) is 13.2 Å². The number of rotatable bonds is 6. The quantitative estimate of drug-likeness (QED) is 0.777. The summed E-state index contributed by atoms with van der Waals surface area (Å²) in [4.78, 5) is 18.8. The summed E-state index contributed by atoms with van der Waals surface area (Å²) in [6.45, 7) is 2.17. The van der Waals surface area contributed by atoms with Crippen LogP contribution in [0.4, 0.5) is 0 Å². The van der Waals surface area contributed by atoms with E-state index in [0.29, 0.717) is 13.0 Å². The molecule has 2 heterocycles. The smallest absolute Gasteiger partial charge is 0.240 e. The summed E-state index contributed by atoms with van der Waals surface area (Å²) >= 11 is 0. The van der Waals surface area contributed by atoms with E-state index < -0.39 is 0 Å². The fourth-order valence-electron chi connectivity index (χ4n) is 3.99. The van der Waals surface area contributed by atoms with Crippen molar-refractivity contribution in [2.24, 2.45) is 0 Å². The highest BCUT2D eigenvalue weighted by atomic mass is 16.7. The van der Waals surface area contributed by atoms with E-state index in [1.807, 2.05) is 55.6 Å². The van der Waals surface area contributed by atoms with E-state index in [-0.39, 0.29) is 24.1 Å². The first-order valence-electron chi connectivity index (χ1n) is 9.99. The molecule has 2 fully saturated rings. The molecule has 0 radical (unpaired) electrons. The first-order chi connectivity index (χ1) is 14.1. The maximum Gasteiger partial charge on any atom is 0.240 e. The zero-order chi connectivity index (χ0) is 20.2. The molecular formula is C22H28N4O3. The number of hydroxylamine groups is 2. The highest BCUT2D eigenvalue weighted by molar-refractivity contribution is 5.82. The molecule has 3 atom stereocenters. The Labute approximate surface area is 171 Å². The van der Waals surface area contributed by atoms with Gasteiger partial charge in [0.15, 0.2) is 0 Å². The number of nitrogens with zero attached hydrogens (tertiary/aromatic N) is 2. The summed E-state index contributed by atoms with van der Waals surface area (Å²) < 4.78 is 5.43. The van der Waals surface area contributed by atoms with Crippen molar-refractivity contribution < 1.29 is 14.4 Å². The van der Waals surface area contributed by atoms with Gasteiger partial charge >= 0.3 is 0 Å². The van der Waals surface area contributed by atoms with Crippen molar-refractivity contribution in [2.75, 3.05) is 27.2 Å². The van der Waals surface area contributed by atoms with Gasteiger partial charge in [0.25, 0.3) is 0 Å². The second-order valence-electron chi connectivity index (χ2n) is 7.56. The number of amides is 1. The zero-order valence-corrected chi connectivity index (χ0v) is 16.9. The van der Waals surface area contributed by atoms with Crippen molar-refractivity contribution in [2.45, 2.75) is 31.2 Å². The first kappa shape index (κ1) is 19.8. The van der Waals surface area contributed by atoms with Gasteiger partial charge in [-0.3, -0.25) is 15.1 Å². The summed E-state index contributed by atoms with van der Waals surface area (Å²) in [5, 5.41) is 6.97. The van der Waals surface area contributed by atoms with Gasteiger partial charge in [0, 0.05) is 38.7 Å². The van der Waals surface area contributed by atoms with Crippen LogP contribution in [0.1, 0.15) is 23.7 Å². The largest absolute Gasteiger partial charge is 0.496 e. The molecule has 1 amide bonds. The number of para-hydroxylation sites is 1. The molecule has 2 aromatic rings. The first-order valence-corrected chi connectivity index (χ1v) is 9.99. The number of ether oxygens (including phenoxy) is 1. The number of likely N-dealkylation sites (N-methyl/N-ethyl adjacent to an activating group) is 1. The van der Waals surface area contributed by atoms with Gasteiger partial charge in [0.1, 0.15) is 17.9 Å². The Morgan fingerprint density at radius 2 is 1.97 bits per heavy atom. The van der Waals surface area contributed by atoms with Crippen LogP contribution in [-0.2, 0) is 16.2 Å². The third kappa shape index (κ3) is 4.59. The number of methoxy groups -OCH3 is 1. The van der Waals surface area contributed by atoms with Crippen LogP contribution >= 0.6 is 0 Å². The van der Waals surface area contributed by atoms with Gasteiger partial charge in [-0.05, 0) is 11.6 Å². The summed E-state index contributed by atoms with van der Waals surface area (Å²) in [5.41, 5.74) is 5.58. The normalized spacial score (nSPS) is 25.2. The molecular weight excluding hydrogens is 368 g/mol.